The van der Waals surface area contributed by atoms with E-state index in [1.54, 1.807) is 13.3 Å². The van der Waals surface area contributed by atoms with E-state index in [9.17, 15) is 4.79 Å². The third kappa shape index (κ3) is 7.76. The SMILES string of the molecule is CCO[C@H]1OC(C(=O)N(C)CC(OC)OC)=C[C@@H](c2coc3ccccc23)[C@@H]1CCOCCOCCO. The number of benzene rings is 1. The van der Waals surface area contributed by atoms with E-state index in [4.69, 9.17) is 37.9 Å². The lowest BCUT2D eigenvalue weighted by atomic mass is 9.81. The van der Waals surface area contributed by atoms with Crippen LogP contribution in [0.25, 0.3) is 11.0 Å². The lowest BCUT2D eigenvalue weighted by Crippen LogP contribution is -2.42. The molecule has 0 radical (unpaired) electrons. The fourth-order valence-corrected chi connectivity index (χ4v) is 4.39. The molecule has 0 unspecified atom stereocenters. The number of carbonyl (C=O) groups excluding carboxylic acids is 1. The van der Waals surface area contributed by atoms with E-state index in [0.29, 0.717) is 32.8 Å². The van der Waals surface area contributed by atoms with Crippen LogP contribution in [0.3, 0.4) is 0 Å². The van der Waals surface area contributed by atoms with Crippen molar-refractivity contribution in [3.05, 3.63) is 47.9 Å². The normalized spacial score (nSPS) is 19.7. The first kappa shape index (κ1) is 29.1. The van der Waals surface area contributed by atoms with Crippen LogP contribution in [0.1, 0.15) is 24.8 Å². The second-order valence-corrected chi connectivity index (χ2v) is 8.67. The number of hydrogen-bond acceptors (Lipinski definition) is 9. The van der Waals surface area contributed by atoms with Gasteiger partial charge in [0.05, 0.1) is 39.2 Å². The molecular weight excluding hydrogens is 482 g/mol. The van der Waals surface area contributed by atoms with E-state index >= 15 is 0 Å². The quantitative estimate of drug-likeness (QED) is 0.263. The molecular formula is C27H39NO9. The fraction of sp³-hybridized carbons (Fsp3) is 0.593. The first-order chi connectivity index (χ1) is 18.0. The Balaban J connectivity index is 1.86. The molecule has 3 rings (SSSR count). The summed E-state index contributed by atoms with van der Waals surface area (Å²) in [5, 5.41) is 9.81. The van der Waals surface area contributed by atoms with Crippen LogP contribution in [-0.4, -0.2) is 95.9 Å². The first-order valence-corrected chi connectivity index (χ1v) is 12.6. The van der Waals surface area contributed by atoms with Crippen molar-refractivity contribution in [1.29, 1.82) is 0 Å². The smallest absolute Gasteiger partial charge is 0.288 e. The first-order valence-electron chi connectivity index (χ1n) is 12.6. The molecule has 1 aromatic heterocycles. The van der Waals surface area contributed by atoms with Crippen molar-refractivity contribution in [3.8, 4) is 0 Å². The van der Waals surface area contributed by atoms with Crippen LogP contribution in [0.2, 0.25) is 0 Å². The number of para-hydroxylation sites is 1. The number of methoxy groups -OCH3 is 2. The molecule has 37 heavy (non-hydrogen) atoms. The number of aliphatic hydroxyl groups is 1. The Bertz CT molecular complexity index is 987. The minimum Gasteiger partial charge on any atom is -0.464 e. The number of hydrogen-bond donors (Lipinski definition) is 1. The molecule has 0 bridgehead atoms. The Hall–Kier alpha value is -2.47. The molecule has 0 saturated heterocycles. The second-order valence-electron chi connectivity index (χ2n) is 8.67. The van der Waals surface area contributed by atoms with Crippen LogP contribution >= 0.6 is 0 Å². The van der Waals surface area contributed by atoms with Crippen LogP contribution in [0.4, 0.5) is 0 Å². The Morgan fingerprint density at radius 2 is 1.84 bits per heavy atom. The molecule has 2 aromatic rings. The average Bonchev–Trinajstić information content (AvgIpc) is 3.35. The van der Waals surface area contributed by atoms with E-state index < -0.39 is 12.6 Å². The van der Waals surface area contributed by atoms with Crippen molar-refractivity contribution >= 4 is 16.9 Å². The van der Waals surface area contributed by atoms with Crippen molar-refractivity contribution in [3.63, 3.8) is 0 Å². The summed E-state index contributed by atoms with van der Waals surface area (Å²) in [4.78, 5) is 14.9. The fourth-order valence-electron chi connectivity index (χ4n) is 4.39. The third-order valence-electron chi connectivity index (χ3n) is 6.30. The molecule has 0 aliphatic carbocycles. The summed E-state index contributed by atoms with van der Waals surface area (Å²) in [7, 11) is 4.73. The van der Waals surface area contributed by atoms with E-state index in [1.807, 2.05) is 37.3 Å². The molecule has 1 aromatic carbocycles. The number of aliphatic hydroxyl groups excluding tert-OH is 1. The van der Waals surface area contributed by atoms with Crippen LogP contribution in [0.5, 0.6) is 0 Å². The maximum atomic E-state index is 13.4. The maximum Gasteiger partial charge on any atom is 0.288 e. The highest BCUT2D eigenvalue weighted by Crippen LogP contribution is 2.42. The average molecular weight is 522 g/mol. The lowest BCUT2D eigenvalue weighted by molar-refractivity contribution is -0.174. The minimum atomic E-state index is -0.657. The number of amides is 1. The summed E-state index contributed by atoms with van der Waals surface area (Å²) in [5.74, 6) is -0.433. The van der Waals surface area contributed by atoms with E-state index in [2.05, 4.69) is 0 Å². The molecule has 0 spiro atoms. The lowest BCUT2D eigenvalue weighted by Gasteiger charge is -2.37. The molecule has 10 nitrogen and oxygen atoms in total. The number of likely N-dealkylation sites (N-methyl/N-ethyl adjacent to an activating group) is 1. The topological polar surface area (TPSA) is 109 Å². The Labute approximate surface area is 218 Å². The van der Waals surface area contributed by atoms with Crippen molar-refractivity contribution in [2.24, 2.45) is 5.92 Å². The van der Waals surface area contributed by atoms with Gasteiger partial charge in [0.1, 0.15) is 5.58 Å². The van der Waals surface area contributed by atoms with E-state index in [0.717, 1.165) is 16.5 Å². The number of furan rings is 1. The highest BCUT2D eigenvalue weighted by molar-refractivity contribution is 5.92. The van der Waals surface area contributed by atoms with Gasteiger partial charge in [-0.25, -0.2) is 0 Å². The molecule has 0 fully saturated rings. The van der Waals surface area contributed by atoms with Gasteiger partial charge in [0, 0.05) is 57.3 Å². The molecule has 1 amide bonds. The molecule has 1 aliphatic heterocycles. The number of fused-ring (bicyclic) bond motifs is 1. The Morgan fingerprint density at radius 1 is 1.11 bits per heavy atom. The van der Waals surface area contributed by atoms with Gasteiger partial charge in [0.2, 0.25) is 6.29 Å². The Morgan fingerprint density at radius 3 is 2.54 bits per heavy atom. The zero-order chi connectivity index (χ0) is 26.6. The van der Waals surface area contributed by atoms with Gasteiger partial charge in [0.25, 0.3) is 5.91 Å². The highest BCUT2D eigenvalue weighted by Gasteiger charge is 2.40. The van der Waals surface area contributed by atoms with Crippen molar-refractivity contribution in [2.45, 2.75) is 31.8 Å². The molecule has 1 aliphatic rings. The molecule has 2 heterocycles. The number of carbonyl (C=O) groups is 1. The van der Waals surface area contributed by atoms with E-state index in [-0.39, 0.29) is 43.3 Å². The van der Waals surface area contributed by atoms with Crippen LogP contribution in [0.15, 0.2) is 46.8 Å². The highest BCUT2D eigenvalue weighted by atomic mass is 16.7. The predicted molar refractivity (Wildman–Crippen MR) is 136 cm³/mol. The van der Waals surface area contributed by atoms with Gasteiger partial charge in [-0.3, -0.25) is 4.79 Å². The Kier molecular flexibility index (Phi) is 11.8. The maximum absolute atomic E-state index is 13.4. The number of nitrogens with zero attached hydrogens (tertiary/aromatic N) is 1. The zero-order valence-corrected chi connectivity index (χ0v) is 22.1. The van der Waals surface area contributed by atoms with E-state index in [1.165, 1.54) is 19.1 Å². The van der Waals surface area contributed by atoms with Crippen LogP contribution in [-0.2, 0) is 33.2 Å². The van der Waals surface area contributed by atoms with Crippen LogP contribution < -0.4 is 0 Å². The van der Waals surface area contributed by atoms with Gasteiger partial charge < -0.3 is 42.8 Å². The summed E-state index contributed by atoms with van der Waals surface area (Å²) in [5.41, 5.74) is 1.73. The van der Waals surface area contributed by atoms with Gasteiger partial charge in [-0.05, 0) is 25.5 Å². The molecule has 10 heteroatoms. The summed E-state index contributed by atoms with van der Waals surface area (Å²) >= 11 is 0. The van der Waals surface area contributed by atoms with Crippen LogP contribution in [0, 0.1) is 5.92 Å². The summed E-state index contributed by atoms with van der Waals surface area (Å²) < 4.78 is 39.5. The summed E-state index contributed by atoms with van der Waals surface area (Å²) in [6.45, 7) is 4.09. The van der Waals surface area contributed by atoms with Gasteiger partial charge in [-0.15, -0.1) is 0 Å². The van der Waals surface area contributed by atoms with Gasteiger partial charge >= 0.3 is 0 Å². The number of rotatable bonds is 16. The molecule has 3 atom stereocenters. The minimum absolute atomic E-state index is 0.0179. The summed E-state index contributed by atoms with van der Waals surface area (Å²) in [6, 6.07) is 7.81. The van der Waals surface area contributed by atoms with Crippen molar-refractivity contribution < 1.29 is 42.7 Å². The largest absolute Gasteiger partial charge is 0.464 e. The monoisotopic (exact) mass is 521 g/mol. The standard InChI is InChI=1S/C27H39NO9/c1-5-35-27-20(10-12-33-14-15-34-13-11-29)21(22-18-36-23-9-7-6-8-19(22)23)16-24(37-27)26(30)28(2)17-25(31-3)32-4/h6-9,16,18,20-21,25,27,29H,5,10-15,17H2,1-4H3/t20-,21+,27-/m0/s1. The van der Waals surface area contributed by atoms with Crippen molar-refractivity contribution in [2.75, 3.05) is 67.5 Å². The predicted octanol–water partition coefficient (Wildman–Crippen LogP) is 2.90. The molecule has 206 valence electrons. The molecule has 0 saturated carbocycles. The number of allylic oxidation sites excluding steroid dienone is 1. The van der Waals surface area contributed by atoms with Gasteiger partial charge in [0.15, 0.2) is 12.0 Å². The molecule has 1 N–H and O–H groups in total. The second kappa shape index (κ2) is 15.1. The number of ether oxygens (including phenoxy) is 6. The summed E-state index contributed by atoms with van der Waals surface area (Å²) in [6.07, 6.45) is 3.01. The van der Waals surface area contributed by atoms with Gasteiger partial charge in [-0.1, -0.05) is 18.2 Å². The third-order valence-corrected chi connectivity index (χ3v) is 6.30. The van der Waals surface area contributed by atoms with Gasteiger partial charge in [-0.2, -0.15) is 0 Å². The zero-order valence-electron chi connectivity index (χ0n) is 22.1. The van der Waals surface area contributed by atoms with Crippen molar-refractivity contribution in [1.82, 2.24) is 4.90 Å².